The Labute approximate surface area is 186 Å². The molecule has 0 fully saturated rings. The summed E-state index contributed by atoms with van der Waals surface area (Å²) in [4.78, 5) is 38.4. The summed E-state index contributed by atoms with van der Waals surface area (Å²) in [6, 6.07) is 5.48. The van der Waals surface area contributed by atoms with Crippen LogP contribution < -0.4 is 4.74 Å². The maximum Gasteiger partial charge on any atom is 0.407 e. The van der Waals surface area contributed by atoms with Crippen molar-refractivity contribution in [2.24, 2.45) is 0 Å². The number of esters is 1. The van der Waals surface area contributed by atoms with Gasteiger partial charge in [-0.15, -0.1) is 0 Å². The van der Waals surface area contributed by atoms with Crippen LogP contribution in [0.2, 0.25) is 0 Å². The number of rotatable bonds is 6. The van der Waals surface area contributed by atoms with Gasteiger partial charge in [-0.1, -0.05) is 0 Å². The minimum atomic E-state index is -1.34. The van der Waals surface area contributed by atoms with Crippen LogP contribution in [0.15, 0.2) is 33.5 Å². The molecule has 0 aliphatic rings. The number of carbonyl (C=O) groups excluding carboxylic acids is 1. The number of aromatic nitrogens is 2. The average molecular weight is 552 g/mol. The highest BCUT2D eigenvalue weighted by Gasteiger charge is 2.34. The van der Waals surface area contributed by atoms with E-state index in [2.05, 4.69) is 41.8 Å². The van der Waals surface area contributed by atoms with Gasteiger partial charge >= 0.3 is 17.6 Å². The Balaban J connectivity index is 0.000000346. The van der Waals surface area contributed by atoms with Crippen molar-refractivity contribution < 1.29 is 29.2 Å². The molecule has 14 heteroatoms. The van der Waals surface area contributed by atoms with E-state index in [0.717, 1.165) is 0 Å². The van der Waals surface area contributed by atoms with Crippen molar-refractivity contribution in [2.45, 2.75) is 26.4 Å². The second kappa shape index (κ2) is 10.8. The van der Waals surface area contributed by atoms with Gasteiger partial charge in [0.05, 0.1) is 6.61 Å². The molecule has 162 valence electrons. The van der Waals surface area contributed by atoms with Crippen LogP contribution in [0.1, 0.15) is 20.8 Å². The van der Waals surface area contributed by atoms with Gasteiger partial charge in [0.1, 0.15) is 0 Å². The third kappa shape index (κ3) is 7.18. The van der Waals surface area contributed by atoms with Gasteiger partial charge in [-0.2, -0.15) is 0 Å². The van der Waals surface area contributed by atoms with E-state index in [-0.39, 0.29) is 12.4 Å². The van der Waals surface area contributed by atoms with Crippen molar-refractivity contribution in [1.29, 1.82) is 0 Å². The lowest BCUT2D eigenvalue weighted by Crippen LogP contribution is -2.39. The maximum absolute atomic E-state index is 11.7. The standard InChI is InChI=1S/C11H13BrN2O5.C5H3BrN2O3/c1-4-18-10(15)11(2,3)19-7-5-6-8(12)13-9(7)14(16)17;6-4-2-1-3(9)5(7-4)8(10)11/h5-6H,4H2,1-3H3;1-2,9H. The first kappa shape index (κ1) is 25.2. The lowest BCUT2D eigenvalue weighted by atomic mass is 10.1. The Morgan fingerprint density at radius 1 is 1.07 bits per heavy atom. The Kier molecular flexibility index (Phi) is 9.04. The molecule has 0 aliphatic heterocycles. The van der Waals surface area contributed by atoms with Gasteiger partial charge < -0.3 is 34.8 Å². The molecule has 2 rings (SSSR count). The van der Waals surface area contributed by atoms with E-state index >= 15 is 0 Å². The summed E-state index contributed by atoms with van der Waals surface area (Å²) in [7, 11) is 0. The largest absolute Gasteiger partial charge is 0.501 e. The van der Waals surface area contributed by atoms with Gasteiger partial charge in [0.15, 0.2) is 0 Å². The Morgan fingerprint density at radius 2 is 1.57 bits per heavy atom. The number of ether oxygens (including phenoxy) is 2. The van der Waals surface area contributed by atoms with E-state index in [9.17, 15) is 25.0 Å². The van der Waals surface area contributed by atoms with E-state index in [0.29, 0.717) is 9.21 Å². The van der Waals surface area contributed by atoms with Crippen molar-refractivity contribution in [2.75, 3.05) is 6.61 Å². The molecule has 0 saturated carbocycles. The SMILES string of the molecule is CCOC(=O)C(C)(C)Oc1ccc(Br)nc1[N+](=O)[O-].O=[N+]([O-])c1nc(Br)ccc1O. The molecule has 0 aromatic carbocycles. The summed E-state index contributed by atoms with van der Waals surface area (Å²) in [6.07, 6.45) is 0. The van der Waals surface area contributed by atoms with Crippen LogP contribution in [0.4, 0.5) is 11.6 Å². The molecule has 1 N–H and O–H groups in total. The van der Waals surface area contributed by atoms with Crippen molar-refractivity contribution in [3.8, 4) is 11.5 Å². The molecule has 0 saturated heterocycles. The predicted octanol–water partition coefficient (Wildman–Crippen LogP) is 3.93. The predicted molar refractivity (Wildman–Crippen MR) is 110 cm³/mol. The normalized spacial score (nSPS) is 10.4. The number of hydrogen-bond acceptors (Lipinski definition) is 10. The Morgan fingerprint density at radius 3 is 2.03 bits per heavy atom. The van der Waals surface area contributed by atoms with Crippen LogP contribution in [-0.4, -0.2) is 43.1 Å². The molecular formula is C16H16Br2N4O8. The lowest BCUT2D eigenvalue weighted by molar-refractivity contribution is -0.391. The van der Waals surface area contributed by atoms with Crippen LogP contribution >= 0.6 is 31.9 Å². The van der Waals surface area contributed by atoms with Crippen molar-refractivity contribution in [3.05, 3.63) is 53.7 Å². The minimum Gasteiger partial charge on any atom is -0.501 e. The number of halogens is 2. The fourth-order valence-corrected chi connectivity index (χ4v) is 2.40. The van der Waals surface area contributed by atoms with E-state index in [1.807, 2.05) is 0 Å². The number of hydrogen-bond donors (Lipinski definition) is 1. The molecule has 2 heterocycles. The molecule has 30 heavy (non-hydrogen) atoms. The topological polar surface area (TPSA) is 168 Å². The van der Waals surface area contributed by atoms with Gasteiger partial charge in [0.2, 0.25) is 26.3 Å². The van der Waals surface area contributed by atoms with Crippen molar-refractivity contribution in [1.82, 2.24) is 9.97 Å². The molecule has 0 aliphatic carbocycles. The number of aromatic hydroxyl groups is 1. The summed E-state index contributed by atoms with van der Waals surface area (Å²) < 4.78 is 10.8. The first-order chi connectivity index (χ1) is 13.9. The van der Waals surface area contributed by atoms with Gasteiger partial charge in [0, 0.05) is 44.0 Å². The van der Waals surface area contributed by atoms with E-state index in [1.165, 1.54) is 38.1 Å². The van der Waals surface area contributed by atoms with Crippen molar-refractivity contribution >= 4 is 49.5 Å². The molecular weight excluding hydrogens is 536 g/mol. The fourth-order valence-electron chi connectivity index (χ4n) is 1.80. The molecule has 12 nitrogen and oxygen atoms in total. The smallest absolute Gasteiger partial charge is 0.407 e. The van der Waals surface area contributed by atoms with Gasteiger partial charge in [-0.25, -0.2) is 4.79 Å². The lowest BCUT2D eigenvalue weighted by Gasteiger charge is -2.23. The van der Waals surface area contributed by atoms with E-state index in [1.54, 1.807) is 6.92 Å². The summed E-state index contributed by atoms with van der Waals surface area (Å²) in [5.74, 6) is -2.14. The zero-order valence-electron chi connectivity index (χ0n) is 15.9. The van der Waals surface area contributed by atoms with Gasteiger partial charge in [-0.05, 0) is 52.7 Å². The summed E-state index contributed by atoms with van der Waals surface area (Å²) >= 11 is 5.97. The van der Waals surface area contributed by atoms with Crippen LogP contribution in [0.5, 0.6) is 11.5 Å². The van der Waals surface area contributed by atoms with E-state index in [4.69, 9.17) is 14.6 Å². The Bertz CT molecular complexity index is 955. The quantitative estimate of drug-likeness (QED) is 0.240. The third-order valence-electron chi connectivity index (χ3n) is 3.10. The zero-order chi connectivity index (χ0) is 23.1. The highest BCUT2D eigenvalue weighted by molar-refractivity contribution is 9.10. The zero-order valence-corrected chi connectivity index (χ0v) is 19.0. The van der Waals surface area contributed by atoms with Gasteiger partial charge in [0.25, 0.3) is 0 Å². The molecule has 2 aromatic rings. The minimum absolute atomic E-state index is 0.0914. The van der Waals surface area contributed by atoms with E-state index < -0.39 is 38.8 Å². The first-order valence-electron chi connectivity index (χ1n) is 8.06. The molecule has 0 atom stereocenters. The monoisotopic (exact) mass is 550 g/mol. The summed E-state index contributed by atoms with van der Waals surface area (Å²) in [6.45, 7) is 4.80. The second-order valence-electron chi connectivity index (χ2n) is 5.78. The molecule has 0 amide bonds. The second-order valence-corrected chi connectivity index (χ2v) is 7.40. The summed E-state index contributed by atoms with van der Waals surface area (Å²) in [5.41, 5.74) is -1.34. The highest BCUT2D eigenvalue weighted by Crippen LogP contribution is 2.30. The molecule has 0 bridgehead atoms. The van der Waals surface area contributed by atoms with Crippen LogP contribution in [0.25, 0.3) is 0 Å². The number of nitro groups is 2. The average Bonchev–Trinajstić information content (AvgIpc) is 2.65. The third-order valence-corrected chi connectivity index (χ3v) is 3.99. The highest BCUT2D eigenvalue weighted by atomic mass is 79.9. The number of carbonyl (C=O) groups is 1. The van der Waals surface area contributed by atoms with Crippen LogP contribution in [0.3, 0.4) is 0 Å². The first-order valence-corrected chi connectivity index (χ1v) is 9.64. The molecule has 0 radical (unpaired) electrons. The molecule has 0 spiro atoms. The number of pyridine rings is 2. The Hall–Kier alpha value is -2.87. The van der Waals surface area contributed by atoms with Gasteiger partial charge in [-0.3, -0.25) is 0 Å². The molecule has 0 unspecified atom stereocenters. The number of nitrogens with zero attached hydrogens (tertiary/aromatic N) is 4. The molecule has 2 aromatic heterocycles. The summed E-state index contributed by atoms with van der Waals surface area (Å²) in [5, 5.41) is 29.9. The van der Waals surface area contributed by atoms with Crippen LogP contribution in [0, 0.1) is 20.2 Å². The fraction of sp³-hybridized carbons (Fsp3) is 0.312. The van der Waals surface area contributed by atoms with Crippen molar-refractivity contribution in [3.63, 3.8) is 0 Å². The van der Waals surface area contributed by atoms with Crippen LogP contribution in [-0.2, 0) is 9.53 Å². The maximum atomic E-state index is 11.7.